The molecular weight excluding hydrogens is 427 g/mol. The Kier molecular flexibility index (Phi) is 6.56. The van der Waals surface area contributed by atoms with Gasteiger partial charge in [0.25, 0.3) is 0 Å². The molecule has 1 aliphatic rings. The van der Waals surface area contributed by atoms with E-state index in [1.807, 2.05) is 13.8 Å². The van der Waals surface area contributed by atoms with Crippen molar-refractivity contribution >= 4 is 10.9 Å². The zero-order valence-corrected chi connectivity index (χ0v) is 19.6. The molecule has 1 atom stereocenters. The van der Waals surface area contributed by atoms with Crippen molar-refractivity contribution in [1.82, 2.24) is 14.9 Å². The van der Waals surface area contributed by atoms with E-state index in [0.29, 0.717) is 24.9 Å². The first-order valence-corrected chi connectivity index (χ1v) is 11.6. The number of aliphatic hydroxyl groups is 1. The number of likely N-dealkylation sites (tertiary alicyclic amines) is 1. The van der Waals surface area contributed by atoms with Gasteiger partial charge in [-0.1, -0.05) is 19.9 Å². The number of aryl methyl sites for hydroxylation is 2. The maximum atomic E-state index is 12.7. The first-order chi connectivity index (χ1) is 15.5. The SMILES string of the molecule is Cc1cc(-c2[nH]c3ccc(C4CCN(CC(O)C(F)(F)F)CC4)cc3c2C(C)C)cc(C)n1. The average Bonchev–Trinajstić information content (AvgIpc) is 3.12. The van der Waals surface area contributed by atoms with Gasteiger partial charge in [-0.3, -0.25) is 4.98 Å². The zero-order chi connectivity index (χ0) is 23.9. The number of aromatic nitrogens is 2. The van der Waals surface area contributed by atoms with E-state index in [-0.39, 0.29) is 6.54 Å². The molecule has 4 rings (SSSR count). The quantitative estimate of drug-likeness (QED) is 0.487. The predicted octanol–water partition coefficient (Wildman–Crippen LogP) is 6.07. The van der Waals surface area contributed by atoms with E-state index >= 15 is 0 Å². The van der Waals surface area contributed by atoms with Crippen LogP contribution in [0.15, 0.2) is 30.3 Å². The molecule has 0 aliphatic carbocycles. The van der Waals surface area contributed by atoms with Gasteiger partial charge in [-0.05, 0) is 87.0 Å². The highest BCUT2D eigenvalue weighted by Crippen LogP contribution is 2.38. The van der Waals surface area contributed by atoms with E-state index in [0.717, 1.165) is 41.0 Å². The van der Waals surface area contributed by atoms with Gasteiger partial charge in [0.05, 0.1) is 5.69 Å². The summed E-state index contributed by atoms with van der Waals surface area (Å²) in [5, 5.41) is 10.6. The Balaban J connectivity index is 1.59. The standard InChI is InChI=1S/C26H32F3N3O/c1-15(2)24-21-13-19(18-7-9-32(10-8-18)14-23(33)26(27,28)29)5-6-22(21)31-25(24)20-11-16(3)30-17(4)12-20/h5-6,11-13,15,18,23,31,33H,7-10,14H2,1-4H3. The number of hydrogen-bond donors (Lipinski definition) is 2. The van der Waals surface area contributed by atoms with E-state index < -0.39 is 12.3 Å². The lowest BCUT2D eigenvalue weighted by molar-refractivity contribution is -0.208. The number of alkyl halides is 3. The van der Waals surface area contributed by atoms with Gasteiger partial charge in [0.2, 0.25) is 0 Å². The van der Waals surface area contributed by atoms with E-state index in [1.54, 1.807) is 4.90 Å². The molecule has 4 nitrogen and oxygen atoms in total. The Morgan fingerprint density at radius 2 is 1.73 bits per heavy atom. The number of β-amino-alcohol motifs (C(OH)–C–C–N with tert-alkyl or cyclic N) is 1. The Labute approximate surface area is 192 Å². The maximum Gasteiger partial charge on any atom is 0.415 e. The molecule has 1 fully saturated rings. The number of halogens is 3. The molecule has 1 saturated heterocycles. The first-order valence-electron chi connectivity index (χ1n) is 11.6. The van der Waals surface area contributed by atoms with Gasteiger partial charge in [-0.15, -0.1) is 0 Å². The Hall–Kier alpha value is -2.38. The number of nitrogens with zero attached hydrogens (tertiary/aromatic N) is 2. The topological polar surface area (TPSA) is 52.2 Å². The molecule has 0 spiro atoms. The Bertz CT molecular complexity index is 1110. The van der Waals surface area contributed by atoms with E-state index in [2.05, 4.69) is 54.1 Å². The number of piperidine rings is 1. The van der Waals surface area contributed by atoms with Crippen LogP contribution in [0.2, 0.25) is 0 Å². The summed E-state index contributed by atoms with van der Waals surface area (Å²) < 4.78 is 38.0. The van der Waals surface area contributed by atoms with Gasteiger partial charge in [0, 0.05) is 34.4 Å². The van der Waals surface area contributed by atoms with Crippen molar-refractivity contribution in [2.45, 2.75) is 64.7 Å². The van der Waals surface area contributed by atoms with Crippen molar-refractivity contribution in [1.29, 1.82) is 0 Å². The molecule has 3 heterocycles. The maximum absolute atomic E-state index is 12.7. The van der Waals surface area contributed by atoms with Crippen LogP contribution in [-0.4, -0.2) is 51.9 Å². The van der Waals surface area contributed by atoms with Crippen LogP contribution < -0.4 is 0 Å². The van der Waals surface area contributed by atoms with Crippen LogP contribution in [0.5, 0.6) is 0 Å². The van der Waals surface area contributed by atoms with Crippen LogP contribution in [0.25, 0.3) is 22.2 Å². The van der Waals surface area contributed by atoms with Gasteiger partial charge in [-0.2, -0.15) is 13.2 Å². The number of aliphatic hydroxyl groups excluding tert-OH is 1. The molecule has 33 heavy (non-hydrogen) atoms. The van der Waals surface area contributed by atoms with E-state index in [1.165, 1.54) is 16.5 Å². The molecule has 0 saturated carbocycles. The summed E-state index contributed by atoms with van der Waals surface area (Å²) in [6.45, 7) is 9.17. The van der Waals surface area contributed by atoms with Gasteiger partial charge < -0.3 is 15.0 Å². The highest BCUT2D eigenvalue weighted by molar-refractivity contribution is 5.92. The first kappa shape index (κ1) is 23.8. The van der Waals surface area contributed by atoms with Crippen LogP contribution in [0, 0.1) is 13.8 Å². The van der Waals surface area contributed by atoms with Crippen molar-refractivity contribution < 1.29 is 18.3 Å². The summed E-state index contributed by atoms with van der Waals surface area (Å²) in [4.78, 5) is 9.84. The largest absolute Gasteiger partial charge is 0.415 e. The third-order valence-corrected chi connectivity index (χ3v) is 6.68. The molecule has 2 N–H and O–H groups in total. The summed E-state index contributed by atoms with van der Waals surface area (Å²) in [6.07, 6.45) is -5.27. The van der Waals surface area contributed by atoms with Gasteiger partial charge in [-0.25, -0.2) is 0 Å². The van der Waals surface area contributed by atoms with Crippen molar-refractivity contribution in [2.24, 2.45) is 0 Å². The summed E-state index contributed by atoms with van der Waals surface area (Å²) in [7, 11) is 0. The number of H-pyrrole nitrogens is 1. The molecule has 178 valence electrons. The molecule has 3 aromatic rings. The Morgan fingerprint density at radius 3 is 2.30 bits per heavy atom. The Morgan fingerprint density at radius 1 is 1.09 bits per heavy atom. The lowest BCUT2D eigenvalue weighted by Gasteiger charge is -2.33. The minimum Gasteiger partial charge on any atom is -0.382 e. The number of benzene rings is 1. The molecule has 7 heteroatoms. The second-order valence-corrected chi connectivity index (χ2v) is 9.64. The van der Waals surface area contributed by atoms with Crippen molar-refractivity contribution in [3.05, 3.63) is 52.8 Å². The van der Waals surface area contributed by atoms with Crippen LogP contribution in [0.4, 0.5) is 13.2 Å². The highest BCUT2D eigenvalue weighted by atomic mass is 19.4. The fourth-order valence-electron chi connectivity index (χ4n) is 5.09. The molecule has 1 aliphatic heterocycles. The zero-order valence-electron chi connectivity index (χ0n) is 19.6. The second-order valence-electron chi connectivity index (χ2n) is 9.64. The van der Waals surface area contributed by atoms with Gasteiger partial charge in [0.1, 0.15) is 0 Å². The van der Waals surface area contributed by atoms with E-state index in [4.69, 9.17) is 0 Å². The third-order valence-electron chi connectivity index (χ3n) is 6.68. The van der Waals surface area contributed by atoms with Gasteiger partial charge >= 0.3 is 6.18 Å². The van der Waals surface area contributed by atoms with Crippen molar-refractivity contribution in [2.75, 3.05) is 19.6 Å². The predicted molar refractivity (Wildman–Crippen MR) is 126 cm³/mol. The van der Waals surface area contributed by atoms with Crippen LogP contribution >= 0.6 is 0 Å². The summed E-state index contributed by atoms with van der Waals surface area (Å²) >= 11 is 0. The fraction of sp³-hybridized carbons (Fsp3) is 0.500. The monoisotopic (exact) mass is 459 g/mol. The molecule has 2 aromatic heterocycles. The van der Waals surface area contributed by atoms with Crippen molar-refractivity contribution in [3.8, 4) is 11.3 Å². The number of aromatic amines is 1. The lowest BCUT2D eigenvalue weighted by atomic mass is 9.87. The summed E-state index contributed by atoms with van der Waals surface area (Å²) in [6, 6.07) is 10.7. The molecule has 0 amide bonds. The van der Waals surface area contributed by atoms with Crippen LogP contribution in [0.3, 0.4) is 0 Å². The fourth-order valence-corrected chi connectivity index (χ4v) is 5.09. The number of nitrogens with one attached hydrogen (secondary N) is 1. The highest BCUT2D eigenvalue weighted by Gasteiger charge is 2.39. The summed E-state index contributed by atoms with van der Waals surface area (Å²) in [5.41, 5.74) is 7.84. The van der Waals surface area contributed by atoms with E-state index in [9.17, 15) is 18.3 Å². The van der Waals surface area contributed by atoms with Crippen molar-refractivity contribution in [3.63, 3.8) is 0 Å². The smallest absolute Gasteiger partial charge is 0.382 e. The van der Waals surface area contributed by atoms with Gasteiger partial charge in [0.15, 0.2) is 6.10 Å². The minimum atomic E-state index is -4.56. The molecule has 0 bridgehead atoms. The molecule has 1 aromatic carbocycles. The average molecular weight is 460 g/mol. The molecular formula is C26H32F3N3O. The normalized spacial score (nSPS) is 17.2. The lowest BCUT2D eigenvalue weighted by Crippen LogP contribution is -2.43. The van der Waals surface area contributed by atoms with Crippen LogP contribution in [-0.2, 0) is 0 Å². The molecule has 0 radical (unpaired) electrons. The number of pyridine rings is 1. The number of fused-ring (bicyclic) bond motifs is 1. The minimum absolute atomic E-state index is 0.303. The summed E-state index contributed by atoms with van der Waals surface area (Å²) in [5.74, 6) is 0.626. The third kappa shape index (κ3) is 5.09. The number of hydrogen-bond acceptors (Lipinski definition) is 3. The molecule has 1 unspecified atom stereocenters. The van der Waals surface area contributed by atoms with Crippen LogP contribution in [0.1, 0.15) is 61.0 Å². The second kappa shape index (κ2) is 9.11. The number of rotatable bonds is 5.